The van der Waals surface area contributed by atoms with Crippen LogP contribution in [0.15, 0.2) is 46.9 Å². The van der Waals surface area contributed by atoms with Crippen LogP contribution in [0, 0.1) is 12.8 Å². The second-order valence-electron chi connectivity index (χ2n) is 5.65. The zero-order valence-electron chi connectivity index (χ0n) is 13.3. The molecule has 0 heterocycles. The third-order valence-electron chi connectivity index (χ3n) is 3.74. The zero-order chi connectivity index (χ0) is 18.6. The maximum absolute atomic E-state index is 12.9. The molecule has 0 saturated carbocycles. The van der Waals surface area contributed by atoms with Crippen molar-refractivity contribution in [3.05, 3.63) is 58.1 Å². The molecule has 134 valence electrons. The molecule has 0 spiro atoms. The van der Waals surface area contributed by atoms with Crippen molar-refractivity contribution in [1.82, 2.24) is 0 Å². The molecule has 7 heteroatoms. The summed E-state index contributed by atoms with van der Waals surface area (Å²) in [5.41, 5.74) is 1.31. The van der Waals surface area contributed by atoms with E-state index in [9.17, 15) is 18.0 Å². The van der Waals surface area contributed by atoms with Crippen LogP contribution in [-0.4, -0.2) is 17.3 Å². The Balaban J connectivity index is 2.11. The smallest absolute Gasteiger partial charge is 0.392 e. The van der Waals surface area contributed by atoms with Crippen molar-refractivity contribution < 1.29 is 27.8 Å². The van der Waals surface area contributed by atoms with Gasteiger partial charge in [0.2, 0.25) is 0 Å². The van der Waals surface area contributed by atoms with Crippen molar-refractivity contribution in [2.75, 3.05) is 0 Å². The van der Waals surface area contributed by atoms with Crippen molar-refractivity contribution >= 4 is 21.9 Å². The lowest BCUT2D eigenvalue weighted by Crippen LogP contribution is -2.27. The maximum Gasteiger partial charge on any atom is 0.392 e. The largest absolute Gasteiger partial charge is 0.481 e. The Morgan fingerprint density at radius 3 is 2.40 bits per heavy atom. The number of hydrogen-bond donors (Lipinski definition) is 1. The van der Waals surface area contributed by atoms with Crippen LogP contribution in [0.25, 0.3) is 0 Å². The van der Waals surface area contributed by atoms with E-state index in [1.165, 1.54) is 12.1 Å². The Hall–Kier alpha value is -2.02. The predicted molar refractivity (Wildman–Crippen MR) is 90.9 cm³/mol. The normalized spacial score (nSPS) is 12.7. The zero-order valence-corrected chi connectivity index (χ0v) is 14.9. The van der Waals surface area contributed by atoms with Crippen molar-refractivity contribution in [3.63, 3.8) is 0 Å². The van der Waals surface area contributed by atoms with Crippen LogP contribution >= 0.6 is 15.9 Å². The van der Waals surface area contributed by atoms with E-state index >= 15 is 0 Å². The fourth-order valence-electron chi connectivity index (χ4n) is 2.32. The summed E-state index contributed by atoms with van der Waals surface area (Å²) < 4.78 is 45.4. The van der Waals surface area contributed by atoms with Crippen LogP contribution in [0.2, 0.25) is 0 Å². The fourth-order valence-corrected chi connectivity index (χ4v) is 2.67. The van der Waals surface area contributed by atoms with Gasteiger partial charge in [-0.2, -0.15) is 13.2 Å². The summed E-state index contributed by atoms with van der Waals surface area (Å²) in [6.45, 7) is 1.88. The minimum atomic E-state index is -4.55. The Morgan fingerprint density at radius 1 is 1.20 bits per heavy atom. The van der Waals surface area contributed by atoms with Gasteiger partial charge in [0.25, 0.3) is 0 Å². The first kappa shape index (κ1) is 19.3. The van der Waals surface area contributed by atoms with E-state index in [4.69, 9.17) is 9.84 Å². The highest BCUT2D eigenvalue weighted by atomic mass is 79.9. The number of hydrogen-bond acceptors (Lipinski definition) is 2. The van der Waals surface area contributed by atoms with E-state index in [2.05, 4.69) is 15.9 Å². The minimum Gasteiger partial charge on any atom is -0.481 e. The Bertz CT molecular complexity index is 742. The first-order valence-electron chi connectivity index (χ1n) is 7.47. The van der Waals surface area contributed by atoms with Gasteiger partial charge in [0.15, 0.2) is 0 Å². The van der Waals surface area contributed by atoms with Crippen molar-refractivity contribution in [1.29, 1.82) is 0 Å². The van der Waals surface area contributed by atoms with Crippen LogP contribution < -0.4 is 4.74 Å². The molecule has 0 aliphatic heterocycles. The number of carboxylic acid groups (broad SMARTS) is 1. The van der Waals surface area contributed by atoms with E-state index in [0.717, 1.165) is 10.0 Å². The molecule has 2 rings (SSSR count). The third-order valence-corrected chi connectivity index (χ3v) is 4.59. The number of benzene rings is 2. The van der Waals surface area contributed by atoms with Gasteiger partial charge in [0, 0.05) is 10.0 Å². The van der Waals surface area contributed by atoms with E-state index in [1.807, 2.05) is 19.1 Å². The van der Waals surface area contributed by atoms with Gasteiger partial charge < -0.3 is 9.84 Å². The summed E-state index contributed by atoms with van der Waals surface area (Å²) >= 11 is 3.40. The molecule has 2 aromatic carbocycles. The molecule has 2 aromatic rings. The molecule has 0 radical (unpaired) electrons. The van der Waals surface area contributed by atoms with Crippen molar-refractivity contribution in [2.24, 2.45) is 5.92 Å². The standard InChI is InChI=1S/C18H16BrF3O3/c1-11-15(19)3-2-4-16(11)25-14-7-5-12(6-8-14)9-13(10-17(23)24)18(20,21)22/h2-8,13H,9-10H2,1H3,(H,23,24). The first-order valence-corrected chi connectivity index (χ1v) is 8.26. The topological polar surface area (TPSA) is 46.5 Å². The van der Waals surface area contributed by atoms with Gasteiger partial charge in [-0.05, 0) is 43.2 Å². The molecular formula is C18H16BrF3O3. The van der Waals surface area contributed by atoms with E-state index < -0.39 is 24.5 Å². The molecule has 0 bridgehead atoms. The minimum absolute atomic E-state index is 0.383. The maximum atomic E-state index is 12.9. The summed E-state index contributed by atoms with van der Waals surface area (Å²) in [4.78, 5) is 10.6. The van der Waals surface area contributed by atoms with E-state index in [0.29, 0.717) is 17.1 Å². The van der Waals surface area contributed by atoms with Crippen LogP contribution in [-0.2, 0) is 11.2 Å². The summed E-state index contributed by atoms with van der Waals surface area (Å²) in [6.07, 6.45) is -5.88. The van der Waals surface area contributed by atoms with Crippen LogP contribution in [0.1, 0.15) is 17.5 Å². The predicted octanol–water partition coefficient (Wildman–Crippen LogP) is 5.75. The lowest BCUT2D eigenvalue weighted by atomic mass is 9.95. The summed E-state index contributed by atoms with van der Waals surface area (Å²) in [6, 6.07) is 11.7. The van der Waals surface area contributed by atoms with Gasteiger partial charge in [0.05, 0.1) is 12.3 Å². The number of carbonyl (C=O) groups is 1. The average molecular weight is 417 g/mol. The van der Waals surface area contributed by atoms with E-state index in [-0.39, 0.29) is 6.42 Å². The molecule has 0 aliphatic carbocycles. The highest BCUT2D eigenvalue weighted by Crippen LogP contribution is 2.33. The van der Waals surface area contributed by atoms with Gasteiger partial charge >= 0.3 is 12.1 Å². The lowest BCUT2D eigenvalue weighted by Gasteiger charge is -2.18. The summed E-state index contributed by atoms with van der Waals surface area (Å²) in [7, 11) is 0. The lowest BCUT2D eigenvalue weighted by molar-refractivity contribution is -0.182. The molecule has 0 amide bonds. The van der Waals surface area contributed by atoms with Crippen molar-refractivity contribution in [3.8, 4) is 11.5 Å². The van der Waals surface area contributed by atoms with E-state index in [1.54, 1.807) is 18.2 Å². The number of alkyl halides is 3. The number of aliphatic carboxylic acids is 1. The molecule has 1 unspecified atom stereocenters. The molecule has 1 N–H and O–H groups in total. The molecule has 25 heavy (non-hydrogen) atoms. The molecular weight excluding hydrogens is 401 g/mol. The Kier molecular flexibility index (Phi) is 6.11. The first-order chi connectivity index (χ1) is 11.7. The fraction of sp³-hybridized carbons (Fsp3) is 0.278. The SMILES string of the molecule is Cc1c(Br)cccc1Oc1ccc(CC(CC(=O)O)C(F)(F)F)cc1. The molecule has 0 aliphatic rings. The molecule has 0 fully saturated rings. The molecule has 1 atom stereocenters. The molecule has 0 aromatic heterocycles. The Labute approximate surface area is 151 Å². The van der Waals surface area contributed by atoms with Crippen molar-refractivity contribution in [2.45, 2.75) is 25.9 Å². The van der Waals surface area contributed by atoms with Gasteiger partial charge in [-0.25, -0.2) is 0 Å². The number of carboxylic acids is 1. The quantitative estimate of drug-likeness (QED) is 0.652. The van der Waals surface area contributed by atoms with Gasteiger partial charge in [-0.1, -0.05) is 34.1 Å². The third kappa shape index (κ3) is 5.49. The monoisotopic (exact) mass is 416 g/mol. The van der Waals surface area contributed by atoms with Crippen LogP contribution in [0.4, 0.5) is 13.2 Å². The van der Waals surface area contributed by atoms with Gasteiger partial charge in [-0.3, -0.25) is 4.79 Å². The second-order valence-corrected chi connectivity index (χ2v) is 6.50. The number of halogens is 4. The van der Waals surface area contributed by atoms with Crippen LogP contribution in [0.3, 0.4) is 0 Å². The molecule has 0 saturated heterocycles. The van der Waals surface area contributed by atoms with Crippen LogP contribution in [0.5, 0.6) is 11.5 Å². The average Bonchev–Trinajstić information content (AvgIpc) is 2.51. The van der Waals surface area contributed by atoms with Gasteiger partial charge in [0.1, 0.15) is 11.5 Å². The highest BCUT2D eigenvalue weighted by molar-refractivity contribution is 9.10. The summed E-state index contributed by atoms with van der Waals surface area (Å²) in [5, 5.41) is 8.66. The molecule has 3 nitrogen and oxygen atoms in total. The Morgan fingerprint density at radius 2 is 1.84 bits per heavy atom. The number of ether oxygens (including phenoxy) is 1. The highest BCUT2D eigenvalue weighted by Gasteiger charge is 2.40. The second kappa shape index (κ2) is 7.91. The number of rotatable bonds is 6. The summed E-state index contributed by atoms with van der Waals surface area (Å²) in [5.74, 6) is -2.25. The van der Waals surface area contributed by atoms with Gasteiger partial charge in [-0.15, -0.1) is 0 Å².